The van der Waals surface area contributed by atoms with Crippen molar-refractivity contribution < 1.29 is 0 Å². The molecule has 0 saturated heterocycles. The van der Waals surface area contributed by atoms with Gasteiger partial charge in [-0.1, -0.05) is 36.9 Å². The van der Waals surface area contributed by atoms with Gasteiger partial charge in [-0.05, 0) is 59.0 Å². The van der Waals surface area contributed by atoms with Crippen molar-refractivity contribution in [1.29, 1.82) is 0 Å². The van der Waals surface area contributed by atoms with E-state index in [0.717, 1.165) is 8.59 Å². The second-order valence-corrected chi connectivity index (χ2v) is 6.17. The van der Waals surface area contributed by atoms with Gasteiger partial charge in [0.05, 0.1) is 5.02 Å². The topological polar surface area (TPSA) is 26.0 Å². The molecular weight excluding hydrogens is 333 g/mol. The van der Waals surface area contributed by atoms with Gasteiger partial charge >= 0.3 is 0 Å². The van der Waals surface area contributed by atoms with Crippen LogP contribution in [0.15, 0.2) is 18.2 Å². The van der Waals surface area contributed by atoms with E-state index in [1.807, 2.05) is 6.07 Å². The molecule has 1 fully saturated rings. The van der Waals surface area contributed by atoms with E-state index in [2.05, 4.69) is 34.7 Å². The molecule has 16 heavy (non-hydrogen) atoms. The normalized spacial score (nSPS) is 19.7. The molecule has 1 nitrogen and oxygen atoms in total. The lowest BCUT2D eigenvalue weighted by molar-refractivity contribution is 0.308. The molecular formula is C13H17ClIN. The molecule has 0 radical (unpaired) electrons. The molecule has 2 rings (SSSR count). The van der Waals surface area contributed by atoms with Gasteiger partial charge in [-0.3, -0.25) is 0 Å². The summed E-state index contributed by atoms with van der Waals surface area (Å²) in [6.45, 7) is 0. The maximum Gasteiger partial charge on any atom is 0.0542 e. The van der Waals surface area contributed by atoms with Crippen LogP contribution in [0.25, 0.3) is 0 Å². The fraction of sp³-hybridized carbons (Fsp3) is 0.538. The zero-order valence-electron chi connectivity index (χ0n) is 9.26. The van der Waals surface area contributed by atoms with E-state index in [4.69, 9.17) is 17.3 Å². The first-order valence-corrected chi connectivity index (χ1v) is 7.34. The number of hydrogen-bond acceptors (Lipinski definition) is 1. The number of nitrogens with two attached hydrogens (primary N) is 1. The zero-order valence-corrected chi connectivity index (χ0v) is 12.2. The van der Waals surface area contributed by atoms with Crippen LogP contribution in [0.3, 0.4) is 0 Å². The van der Waals surface area contributed by atoms with Gasteiger partial charge < -0.3 is 5.73 Å². The van der Waals surface area contributed by atoms with Gasteiger partial charge in [0.25, 0.3) is 0 Å². The number of halogens is 2. The van der Waals surface area contributed by atoms with Gasteiger partial charge in [0.1, 0.15) is 0 Å². The van der Waals surface area contributed by atoms with Gasteiger partial charge in [-0.25, -0.2) is 0 Å². The third kappa shape index (κ3) is 2.90. The monoisotopic (exact) mass is 349 g/mol. The third-order valence-corrected chi connectivity index (χ3v) is 5.06. The van der Waals surface area contributed by atoms with Crippen molar-refractivity contribution in [2.75, 3.05) is 0 Å². The fourth-order valence-electron chi connectivity index (χ4n) is 2.49. The number of benzene rings is 1. The SMILES string of the molecule is NC(c1ccc(I)c(Cl)c1)C1CCCCC1. The molecule has 1 unspecified atom stereocenters. The summed E-state index contributed by atoms with van der Waals surface area (Å²) in [5.41, 5.74) is 7.52. The molecule has 1 aromatic carbocycles. The van der Waals surface area contributed by atoms with E-state index in [1.54, 1.807) is 0 Å². The van der Waals surface area contributed by atoms with Crippen LogP contribution >= 0.6 is 34.2 Å². The minimum atomic E-state index is 0.162. The molecule has 1 aliphatic carbocycles. The lowest BCUT2D eigenvalue weighted by Crippen LogP contribution is -2.23. The first-order valence-electron chi connectivity index (χ1n) is 5.89. The van der Waals surface area contributed by atoms with E-state index in [0.29, 0.717) is 5.92 Å². The van der Waals surface area contributed by atoms with Crippen molar-refractivity contribution in [3.8, 4) is 0 Å². The Morgan fingerprint density at radius 2 is 1.94 bits per heavy atom. The first-order chi connectivity index (χ1) is 7.68. The largest absolute Gasteiger partial charge is 0.324 e. The molecule has 1 aliphatic rings. The van der Waals surface area contributed by atoms with Crippen LogP contribution in [0.2, 0.25) is 5.02 Å². The van der Waals surface area contributed by atoms with Gasteiger partial charge in [0.2, 0.25) is 0 Å². The Kier molecular flexibility index (Phi) is 4.50. The van der Waals surface area contributed by atoms with Crippen LogP contribution in [0.1, 0.15) is 43.7 Å². The molecule has 0 aliphatic heterocycles. The van der Waals surface area contributed by atoms with Gasteiger partial charge in [0.15, 0.2) is 0 Å². The smallest absolute Gasteiger partial charge is 0.0542 e. The van der Waals surface area contributed by atoms with Crippen molar-refractivity contribution in [2.45, 2.75) is 38.1 Å². The Bertz CT molecular complexity index is 361. The van der Waals surface area contributed by atoms with E-state index in [-0.39, 0.29) is 6.04 Å². The quantitative estimate of drug-likeness (QED) is 0.780. The van der Waals surface area contributed by atoms with Crippen LogP contribution in [0.4, 0.5) is 0 Å². The van der Waals surface area contributed by atoms with Crippen LogP contribution in [0.5, 0.6) is 0 Å². The minimum Gasteiger partial charge on any atom is -0.324 e. The lowest BCUT2D eigenvalue weighted by Gasteiger charge is -2.27. The molecule has 0 bridgehead atoms. The van der Waals surface area contributed by atoms with E-state index >= 15 is 0 Å². The summed E-state index contributed by atoms with van der Waals surface area (Å²) < 4.78 is 1.10. The Balaban J connectivity index is 2.12. The highest BCUT2D eigenvalue weighted by atomic mass is 127. The average molecular weight is 350 g/mol. The predicted octanol–water partition coefficient (Wildman–Crippen LogP) is 4.52. The molecule has 1 aromatic rings. The van der Waals surface area contributed by atoms with E-state index in [1.165, 1.54) is 37.7 Å². The first kappa shape index (κ1) is 12.7. The zero-order chi connectivity index (χ0) is 11.5. The highest BCUT2D eigenvalue weighted by molar-refractivity contribution is 14.1. The van der Waals surface area contributed by atoms with Gasteiger partial charge in [-0.2, -0.15) is 0 Å². The predicted molar refractivity (Wildman–Crippen MR) is 77.7 cm³/mol. The molecule has 0 aromatic heterocycles. The summed E-state index contributed by atoms with van der Waals surface area (Å²) in [4.78, 5) is 0. The minimum absolute atomic E-state index is 0.162. The highest BCUT2D eigenvalue weighted by Gasteiger charge is 2.22. The summed E-state index contributed by atoms with van der Waals surface area (Å²) >= 11 is 8.38. The molecule has 3 heteroatoms. The molecule has 0 amide bonds. The second kappa shape index (κ2) is 5.69. The van der Waals surface area contributed by atoms with Gasteiger partial charge in [0, 0.05) is 9.61 Å². The van der Waals surface area contributed by atoms with Crippen LogP contribution in [-0.2, 0) is 0 Å². The third-order valence-electron chi connectivity index (χ3n) is 3.49. The Labute approximate surface area is 116 Å². The summed E-state index contributed by atoms with van der Waals surface area (Å²) in [7, 11) is 0. The maximum absolute atomic E-state index is 6.33. The van der Waals surface area contributed by atoms with Crippen LogP contribution in [0, 0.1) is 9.49 Å². The lowest BCUT2D eigenvalue weighted by atomic mass is 9.81. The number of hydrogen-bond donors (Lipinski definition) is 1. The van der Waals surface area contributed by atoms with Crippen LogP contribution < -0.4 is 5.73 Å². The van der Waals surface area contributed by atoms with E-state index in [9.17, 15) is 0 Å². The molecule has 1 saturated carbocycles. The second-order valence-electron chi connectivity index (χ2n) is 4.60. The molecule has 1 atom stereocenters. The average Bonchev–Trinajstić information content (AvgIpc) is 2.33. The highest BCUT2D eigenvalue weighted by Crippen LogP contribution is 2.34. The molecule has 88 valence electrons. The number of rotatable bonds is 2. The maximum atomic E-state index is 6.33. The molecule has 2 N–H and O–H groups in total. The summed E-state index contributed by atoms with van der Waals surface area (Å²) in [6, 6.07) is 6.37. The Morgan fingerprint density at radius 3 is 2.56 bits per heavy atom. The van der Waals surface area contributed by atoms with Crippen molar-refractivity contribution in [1.82, 2.24) is 0 Å². The Hall–Kier alpha value is 0.200. The fourth-order valence-corrected chi connectivity index (χ4v) is 3.01. The van der Waals surface area contributed by atoms with Crippen LogP contribution in [-0.4, -0.2) is 0 Å². The van der Waals surface area contributed by atoms with Crippen molar-refractivity contribution in [3.63, 3.8) is 0 Å². The summed E-state index contributed by atoms with van der Waals surface area (Å²) in [6.07, 6.45) is 6.57. The standard InChI is InChI=1S/C13H17ClIN/c14-11-8-10(6-7-12(11)15)13(16)9-4-2-1-3-5-9/h6-9,13H,1-5,16H2. The van der Waals surface area contributed by atoms with E-state index < -0.39 is 0 Å². The summed E-state index contributed by atoms with van der Waals surface area (Å²) in [5, 5.41) is 0.823. The molecule has 0 heterocycles. The van der Waals surface area contributed by atoms with Crippen molar-refractivity contribution in [2.24, 2.45) is 11.7 Å². The summed E-state index contributed by atoms with van der Waals surface area (Å²) in [5.74, 6) is 0.643. The van der Waals surface area contributed by atoms with Crippen molar-refractivity contribution >= 4 is 34.2 Å². The molecule has 0 spiro atoms. The van der Waals surface area contributed by atoms with Gasteiger partial charge in [-0.15, -0.1) is 0 Å². The van der Waals surface area contributed by atoms with Crippen molar-refractivity contribution in [3.05, 3.63) is 32.4 Å². The Morgan fingerprint density at radius 1 is 1.25 bits per heavy atom.